The van der Waals surface area contributed by atoms with Gasteiger partial charge in [0.15, 0.2) is 5.78 Å². The zero-order valence-corrected chi connectivity index (χ0v) is 16.3. The maximum atomic E-state index is 14.0. The normalized spacial score (nSPS) is 21.1. The number of fused-ring (bicyclic) bond motifs is 3. The van der Waals surface area contributed by atoms with Gasteiger partial charge < -0.3 is 4.74 Å². The number of carbonyl (C=O) groups is 1. The number of halogens is 1. The molecule has 0 amide bonds. The molecule has 0 spiro atoms. The van der Waals surface area contributed by atoms with Crippen LogP contribution >= 0.6 is 0 Å². The zero-order chi connectivity index (χ0) is 19.8. The Hall–Kier alpha value is -2.95. The van der Waals surface area contributed by atoms with Crippen molar-refractivity contribution in [1.82, 2.24) is 5.01 Å². The third kappa shape index (κ3) is 3.21. The smallest absolute Gasteiger partial charge is 0.154 e. The molecule has 2 aromatic carbocycles. The van der Waals surface area contributed by atoms with Crippen LogP contribution in [0.2, 0.25) is 0 Å². The van der Waals surface area contributed by atoms with Gasteiger partial charge in [0.1, 0.15) is 11.6 Å². The summed E-state index contributed by atoms with van der Waals surface area (Å²) in [6, 6.07) is 12.6. The van der Waals surface area contributed by atoms with Crippen LogP contribution in [0.3, 0.4) is 0 Å². The van der Waals surface area contributed by atoms with Gasteiger partial charge in [-0.25, -0.2) is 4.39 Å². The number of ketones is 1. The van der Waals surface area contributed by atoms with Gasteiger partial charge in [0.2, 0.25) is 0 Å². The fourth-order valence-electron chi connectivity index (χ4n) is 4.29. The first-order valence-electron chi connectivity index (χ1n) is 9.47. The second-order valence-corrected chi connectivity index (χ2v) is 7.39. The van der Waals surface area contributed by atoms with E-state index in [0.717, 1.165) is 41.1 Å². The van der Waals surface area contributed by atoms with Gasteiger partial charge in [-0.3, -0.25) is 9.80 Å². The summed E-state index contributed by atoms with van der Waals surface area (Å²) in [5, 5.41) is 6.80. The molecule has 2 atom stereocenters. The molecule has 28 heavy (non-hydrogen) atoms. The van der Waals surface area contributed by atoms with E-state index in [1.807, 2.05) is 30.1 Å². The van der Waals surface area contributed by atoms with Crippen molar-refractivity contribution in [2.24, 2.45) is 11.0 Å². The third-order valence-corrected chi connectivity index (χ3v) is 5.49. The lowest BCUT2D eigenvalue weighted by atomic mass is 9.77. The van der Waals surface area contributed by atoms with Gasteiger partial charge in [-0.1, -0.05) is 18.2 Å². The monoisotopic (exact) mass is 378 g/mol. The molecule has 1 aliphatic heterocycles. The van der Waals surface area contributed by atoms with Crippen molar-refractivity contribution >= 4 is 11.5 Å². The fourth-order valence-corrected chi connectivity index (χ4v) is 4.29. The Morgan fingerprint density at radius 1 is 1.25 bits per heavy atom. The molecule has 2 aliphatic rings. The minimum Gasteiger partial charge on any atom is -0.497 e. The molecule has 0 N–H and O–H groups in total. The summed E-state index contributed by atoms with van der Waals surface area (Å²) < 4.78 is 19.4. The third-order valence-electron chi connectivity index (χ3n) is 5.49. The van der Waals surface area contributed by atoms with Crippen LogP contribution in [-0.2, 0) is 11.2 Å². The van der Waals surface area contributed by atoms with Gasteiger partial charge >= 0.3 is 0 Å². The topological polar surface area (TPSA) is 41.9 Å². The molecule has 1 heterocycles. The van der Waals surface area contributed by atoms with E-state index in [0.29, 0.717) is 0 Å². The number of ether oxygens (including phenoxy) is 1. The Balaban J connectivity index is 1.84. The molecule has 2 aromatic rings. The minimum absolute atomic E-state index is 0.0346. The molecule has 0 saturated heterocycles. The summed E-state index contributed by atoms with van der Waals surface area (Å²) in [6.45, 7) is 3.40. The summed E-state index contributed by atoms with van der Waals surface area (Å²) in [5.41, 5.74) is 4.92. The number of carbonyl (C=O) groups excluding carboxylic acids is 1. The summed E-state index contributed by atoms with van der Waals surface area (Å²) in [4.78, 5) is 11.7. The first kappa shape index (κ1) is 18.4. The predicted octanol–water partition coefficient (Wildman–Crippen LogP) is 4.65. The fraction of sp³-hybridized carbons (Fsp3) is 0.304. The molecule has 0 aromatic heterocycles. The van der Waals surface area contributed by atoms with Crippen molar-refractivity contribution < 1.29 is 13.9 Å². The quantitative estimate of drug-likeness (QED) is 0.727. The van der Waals surface area contributed by atoms with Crippen molar-refractivity contribution in [3.63, 3.8) is 0 Å². The lowest BCUT2D eigenvalue weighted by Gasteiger charge is -2.31. The molecule has 4 rings (SSSR count). The van der Waals surface area contributed by atoms with Crippen LogP contribution in [0.15, 0.2) is 59.3 Å². The Morgan fingerprint density at radius 2 is 2.07 bits per heavy atom. The van der Waals surface area contributed by atoms with Crippen molar-refractivity contribution in [2.75, 3.05) is 7.11 Å². The van der Waals surface area contributed by atoms with Crippen molar-refractivity contribution in [3.8, 4) is 5.75 Å². The molecule has 144 valence electrons. The molecular weight excluding hydrogens is 355 g/mol. The Kier molecular flexibility index (Phi) is 4.75. The summed E-state index contributed by atoms with van der Waals surface area (Å²) >= 11 is 0. The summed E-state index contributed by atoms with van der Waals surface area (Å²) in [6.07, 6.45) is 3.43. The van der Waals surface area contributed by atoms with Crippen LogP contribution < -0.4 is 4.74 Å². The van der Waals surface area contributed by atoms with Crippen molar-refractivity contribution in [2.45, 2.75) is 32.7 Å². The van der Waals surface area contributed by atoms with Crippen LogP contribution in [0, 0.1) is 11.7 Å². The Bertz CT molecular complexity index is 996. The Morgan fingerprint density at radius 3 is 2.79 bits per heavy atom. The average molecular weight is 378 g/mol. The SMILES string of the molecule is COc1ccc2c(c1)C1=NN(/C(C)=C/C(C)=O)[C@@H](c3cccc(F)c3)[C@@H]1CC2. The van der Waals surface area contributed by atoms with Gasteiger partial charge in [0.05, 0.1) is 18.9 Å². The lowest BCUT2D eigenvalue weighted by Crippen LogP contribution is -2.28. The van der Waals surface area contributed by atoms with Crippen molar-refractivity contribution in [1.29, 1.82) is 0 Å². The largest absolute Gasteiger partial charge is 0.497 e. The number of hydrogen-bond donors (Lipinski definition) is 0. The van der Waals surface area contributed by atoms with E-state index in [1.165, 1.54) is 18.6 Å². The number of aryl methyl sites for hydroxylation is 1. The van der Waals surface area contributed by atoms with E-state index in [9.17, 15) is 9.18 Å². The second-order valence-electron chi connectivity index (χ2n) is 7.39. The number of allylic oxidation sites excluding steroid dienone is 2. The van der Waals surface area contributed by atoms with Crippen LogP contribution in [0.4, 0.5) is 4.39 Å². The molecule has 5 heteroatoms. The second kappa shape index (κ2) is 7.23. The number of methoxy groups -OCH3 is 1. The minimum atomic E-state index is -0.267. The first-order chi connectivity index (χ1) is 13.5. The standard InChI is InChI=1S/C23H23FN2O2/c1-14(11-15(2)27)26-23(17-5-4-6-18(24)12-17)20-10-8-16-7-9-19(28-3)13-21(16)22(20)25-26/h4-7,9,11-13,20,23H,8,10H2,1-3H3/b14-11+/t20-,23+/m1/s1. The van der Waals surface area contributed by atoms with E-state index in [1.54, 1.807) is 25.3 Å². The molecule has 4 nitrogen and oxygen atoms in total. The van der Waals surface area contributed by atoms with Crippen molar-refractivity contribution in [3.05, 3.63) is 76.7 Å². The van der Waals surface area contributed by atoms with Crippen LogP contribution in [0.5, 0.6) is 5.75 Å². The van der Waals surface area contributed by atoms with Gasteiger partial charge in [-0.15, -0.1) is 0 Å². The highest BCUT2D eigenvalue weighted by atomic mass is 19.1. The number of nitrogens with zero attached hydrogens (tertiary/aromatic N) is 2. The highest BCUT2D eigenvalue weighted by Crippen LogP contribution is 2.45. The molecular formula is C23H23FN2O2. The average Bonchev–Trinajstić information content (AvgIpc) is 3.07. The maximum Gasteiger partial charge on any atom is 0.154 e. The van der Waals surface area contributed by atoms with Gasteiger partial charge in [0, 0.05) is 23.3 Å². The maximum absolute atomic E-state index is 14.0. The summed E-state index contributed by atoms with van der Waals surface area (Å²) in [5.74, 6) is 0.611. The predicted molar refractivity (Wildman–Crippen MR) is 107 cm³/mol. The number of rotatable bonds is 4. The van der Waals surface area contributed by atoms with Crippen LogP contribution in [-0.4, -0.2) is 23.6 Å². The molecule has 0 unspecified atom stereocenters. The lowest BCUT2D eigenvalue weighted by molar-refractivity contribution is -0.112. The van der Waals surface area contributed by atoms with Crippen LogP contribution in [0.1, 0.15) is 43.0 Å². The molecule has 0 fully saturated rings. The van der Waals surface area contributed by atoms with Gasteiger partial charge in [-0.2, -0.15) is 5.10 Å². The number of hydrogen-bond acceptors (Lipinski definition) is 4. The molecule has 1 aliphatic carbocycles. The summed E-state index contributed by atoms with van der Waals surface area (Å²) in [7, 11) is 1.65. The molecule has 0 saturated carbocycles. The number of hydrazone groups is 1. The highest BCUT2D eigenvalue weighted by molar-refractivity contribution is 6.06. The van der Waals surface area contributed by atoms with E-state index < -0.39 is 0 Å². The van der Waals surface area contributed by atoms with E-state index in [4.69, 9.17) is 9.84 Å². The first-order valence-corrected chi connectivity index (χ1v) is 9.47. The zero-order valence-electron chi connectivity index (χ0n) is 16.3. The highest BCUT2D eigenvalue weighted by Gasteiger charge is 2.42. The van der Waals surface area contributed by atoms with Crippen LogP contribution in [0.25, 0.3) is 0 Å². The molecule has 0 radical (unpaired) electrons. The van der Waals surface area contributed by atoms with E-state index >= 15 is 0 Å². The van der Waals surface area contributed by atoms with E-state index in [-0.39, 0.29) is 23.6 Å². The van der Waals surface area contributed by atoms with E-state index in [2.05, 4.69) is 6.07 Å². The van der Waals surface area contributed by atoms with Gasteiger partial charge in [-0.05, 0) is 62.1 Å². The molecule has 0 bridgehead atoms. The number of benzene rings is 2. The Labute approximate surface area is 164 Å². The van der Waals surface area contributed by atoms with Gasteiger partial charge in [0.25, 0.3) is 0 Å².